The SMILES string of the molecule is CCCNC(CCC(C)C)C1CCC(C)C1. The van der Waals surface area contributed by atoms with Gasteiger partial charge in [0.1, 0.15) is 0 Å². The van der Waals surface area contributed by atoms with Gasteiger partial charge in [-0.3, -0.25) is 0 Å². The second kappa shape index (κ2) is 7.32. The Bertz CT molecular complexity index is 176. The molecule has 0 bridgehead atoms. The van der Waals surface area contributed by atoms with Gasteiger partial charge in [-0.05, 0) is 56.4 Å². The second-order valence-corrected chi connectivity index (χ2v) is 6.21. The number of hydrogen-bond acceptors (Lipinski definition) is 1. The molecule has 3 atom stereocenters. The fraction of sp³-hybridized carbons (Fsp3) is 1.00. The number of hydrogen-bond donors (Lipinski definition) is 1. The molecule has 0 spiro atoms. The quantitative estimate of drug-likeness (QED) is 0.684. The van der Waals surface area contributed by atoms with Crippen molar-refractivity contribution in [3.8, 4) is 0 Å². The molecule has 0 aliphatic heterocycles. The predicted octanol–water partition coefficient (Wildman–Crippen LogP) is 4.23. The van der Waals surface area contributed by atoms with E-state index in [0.29, 0.717) is 0 Å². The smallest absolute Gasteiger partial charge is 0.00955 e. The summed E-state index contributed by atoms with van der Waals surface area (Å²) in [6.07, 6.45) is 8.40. The molecule has 0 saturated heterocycles. The van der Waals surface area contributed by atoms with Gasteiger partial charge >= 0.3 is 0 Å². The summed E-state index contributed by atoms with van der Waals surface area (Å²) in [6.45, 7) is 10.6. The summed E-state index contributed by atoms with van der Waals surface area (Å²) in [6, 6.07) is 0.798. The zero-order valence-electron chi connectivity index (χ0n) is 11.8. The molecule has 0 amide bonds. The molecule has 1 N–H and O–H groups in total. The molecule has 1 nitrogen and oxygen atoms in total. The fourth-order valence-corrected chi connectivity index (χ4v) is 2.96. The lowest BCUT2D eigenvalue weighted by molar-refractivity contribution is 0.315. The standard InChI is InChI=1S/C15H31N/c1-5-10-16-15(9-6-12(2)3)14-8-7-13(4)11-14/h12-16H,5-11H2,1-4H3. The summed E-state index contributed by atoms with van der Waals surface area (Å²) >= 11 is 0. The van der Waals surface area contributed by atoms with Gasteiger partial charge in [-0.25, -0.2) is 0 Å². The third-order valence-electron chi connectivity index (χ3n) is 4.02. The van der Waals surface area contributed by atoms with E-state index < -0.39 is 0 Å². The summed E-state index contributed by atoms with van der Waals surface area (Å²) < 4.78 is 0. The van der Waals surface area contributed by atoms with Crippen molar-refractivity contribution in [2.24, 2.45) is 17.8 Å². The molecular formula is C15H31N. The van der Waals surface area contributed by atoms with E-state index in [9.17, 15) is 0 Å². The van der Waals surface area contributed by atoms with Crippen LogP contribution in [0.25, 0.3) is 0 Å². The van der Waals surface area contributed by atoms with E-state index in [-0.39, 0.29) is 0 Å². The van der Waals surface area contributed by atoms with Gasteiger partial charge in [0.15, 0.2) is 0 Å². The summed E-state index contributed by atoms with van der Waals surface area (Å²) in [5, 5.41) is 3.79. The van der Waals surface area contributed by atoms with Crippen LogP contribution in [0, 0.1) is 17.8 Å². The molecule has 1 aliphatic rings. The first-order valence-corrected chi connectivity index (χ1v) is 7.36. The van der Waals surface area contributed by atoms with Crippen molar-refractivity contribution < 1.29 is 0 Å². The van der Waals surface area contributed by atoms with Gasteiger partial charge in [0.25, 0.3) is 0 Å². The van der Waals surface area contributed by atoms with E-state index in [1.165, 1.54) is 45.1 Å². The van der Waals surface area contributed by atoms with Gasteiger partial charge in [0, 0.05) is 6.04 Å². The van der Waals surface area contributed by atoms with Crippen LogP contribution in [-0.2, 0) is 0 Å². The van der Waals surface area contributed by atoms with Gasteiger partial charge in [0.05, 0.1) is 0 Å². The Morgan fingerprint density at radius 3 is 2.44 bits per heavy atom. The molecule has 0 aromatic carbocycles. The van der Waals surface area contributed by atoms with Crippen molar-refractivity contribution >= 4 is 0 Å². The van der Waals surface area contributed by atoms with E-state index in [1.54, 1.807) is 0 Å². The monoisotopic (exact) mass is 225 g/mol. The van der Waals surface area contributed by atoms with Crippen LogP contribution in [0.2, 0.25) is 0 Å². The van der Waals surface area contributed by atoms with Gasteiger partial charge in [0.2, 0.25) is 0 Å². The molecule has 3 unspecified atom stereocenters. The lowest BCUT2D eigenvalue weighted by atomic mass is 9.91. The van der Waals surface area contributed by atoms with E-state index >= 15 is 0 Å². The molecular weight excluding hydrogens is 194 g/mol. The number of rotatable bonds is 7. The Morgan fingerprint density at radius 1 is 1.19 bits per heavy atom. The average molecular weight is 225 g/mol. The van der Waals surface area contributed by atoms with Crippen molar-refractivity contribution in [2.45, 2.75) is 72.3 Å². The lowest BCUT2D eigenvalue weighted by Gasteiger charge is -2.25. The van der Waals surface area contributed by atoms with Crippen molar-refractivity contribution in [2.75, 3.05) is 6.54 Å². The number of nitrogens with one attached hydrogen (secondary N) is 1. The van der Waals surface area contributed by atoms with Crippen LogP contribution in [0.5, 0.6) is 0 Å². The molecule has 1 heteroatoms. The van der Waals surface area contributed by atoms with Gasteiger partial charge in [-0.2, -0.15) is 0 Å². The topological polar surface area (TPSA) is 12.0 Å². The summed E-state index contributed by atoms with van der Waals surface area (Å²) in [4.78, 5) is 0. The Morgan fingerprint density at radius 2 is 1.94 bits per heavy atom. The van der Waals surface area contributed by atoms with Gasteiger partial charge in [-0.1, -0.05) is 34.1 Å². The minimum atomic E-state index is 0.798. The first kappa shape index (κ1) is 14.0. The minimum absolute atomic E-state index is 0.798. The highest BCUT2D eigenvalue weighted by molar-refractivity contribution is 4.83. The maximum atomic E-state index is 3.79. The van der Waals surface area contributed by atoms with Crippen LogP contribution in [0.3, 0.4) is 0 Å². The fourth-order valence-electron chi connectivity index (χ4n) is 2.96. The van der Waals surface area contributed by atoms with Gasteiger partial charge in [-0.15, -0.1) is 0 Å². The molecule has 0 aromatic rings. The zero-order valence-corrected chi connectivity index (χ0v) is 11.8. The van der Waals surface area contributed by atoms with E-state index in [1.807, 2.05) is 0 Å². The van der Waals surface area contributed by atoms with E-state index in [2.05, 4.69) is 33.0 Å². The van der Waals surface area contributed by atoms with Crippen molar-refractivity contribution in [3.63, 3.8) is 0 Å². The van der Waals surface area contributed by atoms with Gasteiger partial charge < -0.3 is 5.32 Å². The van der Waals surface area contributed by atoms with Crippen LogP contribution >= 0.6 is 0 Å². The van der Waals surface area contributed by atoms with E-state index in [4.69, 9.17) is 0 Å². The Hall–Kier alpha value is -0.0400. The zero-order chi connectivity index (χ0) is 12.0. The Labute approximate surface area is 102 Å². The minimum Gasteiger partial charge on any atom is -0.314 e. The van der Waals surface area contributed by atoms with Crippen molar-refractivity contribution in [3.05, 3.63) is 0 Å². The lowest BCUT2D eigenvalue weighted by Crippen LogP contribution is -2.36. The normalized spacial score (nSPS) is 27.6. The van der Waals surface area contributed by atoms with Crippen molar-refractivity contribution in [1.29, 1.82) is 0 Å². The highest BCUT2D eigenvalue weighted by Gasteiger charge is 2.28. The van der Waals surface area contributed by atoms with Crippen LogP contribution < -0.4 is 5.32 Å². The Balaban J connectivity index is 2.36. The van der Waals surface area contributed by atoms with Crippen LogP contribution in [0.15, 0.2) is 0 Å². The molecule has 1 saturated carbocycles. The third-order valence-corrected chi connectivity index (χ3v) is 4.02. The predicted molar refractivity (Wildman–Crippen MR) is 72.7 cm³/mol. The third kappa shape index (κ3) is 4.86. The average Bonchev–Trinajstić information content (AvgIpc) is 2.64. The van der Waals surface area contributed by atoms with Crippen LogP contribution in [-0.4, -0.2) is 12.6 Å². The highest BCUT2D eigenvalue weighted by Crippen LogP contribution is 2.34. The summed E-state index contributed by atoms with van der Waals surface area (Å²) in [7, 11) is 0. The maximum Gasteiger partial charge on any atom is 0.00955 e. The van der Waals surface area contributed by atoms with E-state index in [0.717, 1.165) is 23.8 Å². The highest BCUT2D eigenvalue weighted by atomic mass is 14.9. The first-order valence-electron chi connectivity index (χ1n) is 7.36. The molecule has 0 heterocycles. The maximum absolute atomic E-state index is 3.79. The summed E-state index contributed by atoms with van der Waals surface area (Å²) in [5.41, 5.74) is 0. The largest absolute Gasteiger partial charge is 0.314 e. The molecule has 1 aliphatic carbocycles. The molecule has 1 rings (SSSR count). The molecule has 1 fully saturated rings. The molecule has 0 radical (unpaired) electrons. The molecule has 96 valence electrons. The Kier molecular flexibility index (Phi) is 6.41. The van der Waals surface area contributed by atoms with Crippen LogP contribution in [0.1, 0.15) is 66.2 Å². The first-order chi connectivity index (χ1) is 7.63. The van der Waals surface area contributed by atoms with Crippen molar-refractivity contribution in [1.82, 2.24) is 5.32 Å². The second-order valence-electron chi connectivity index (χ2n) is 6.21. The summed E-state index contributed by atoms with van der Waals surface area (Å²) in [5.74, 6) is 2.78. The molecule has 0 aromatic heterocycles. The molecule has 16 heavy (non-hydrogen) atoms. The van der Waals surface area contributed by atoms with Crippen LogP contribution in [0.4, 0.5) is 0 Å².